The summed E-state index contributed by atoms with van der Waals surface area (Å²) >= 11 is 6.64. The van der Waals surface area contributed by atoms with E-state index < -0.39 is 6.03 Å². The lowest BCUT2D eigenvalue weighted by Gasteiger charge is -2.11. The van der Waals surface area contributed by atoms with Gasteiger partial charge in [0.05, 0.1) is 5.69 Å². The number of halogens is 3. The number of urea groups is 1. The predicted molar refractivity (Wildman–Crippen MR) is 85.3 cm³/mol. The second-order valence-corrected chi connectivity index (χ2v) is 5.65. The van der Waals surface area contributed by atoms with Gasteiger partial charge in [0.1, 0.15) is 5.82 Å². The highest BCUT2D eigenvalue weighted by Crippen LogP contribution is 2.33. The van der Waals surface area contributed by atoms with Crippen LogP contribution >= 0.6 is 31.9 Å². The van der Waals surface area contributed by atoms with E-state index in [-0.39, 0.29) is 5.82 Å². The fourth-order valence-corrected chi connectivity index (χ4v) is 2.94. The number of nitrogens with one attached hydrogen (secondary N) is 2. The number of rotatable bonds is 2. The van der Waals surface area contributed by atoms with Crippen molar-refractivity contribution in [3.05, 3.63) is 51.2 Å². The molecule has 0 atom stereocenters. The summed E-state index contributed by atoms with van der Waals surface area (Å²) in [6, 6.07) is 8.40. The molecular formula is C13H10Br2FN3O. The summed E-state index contributed by atoms with van der Waals surface area (Å²) in [5.41, 5.74) is 7.28. The number of carbonyl (C=O) groups excluding carboxylic acids is 1. The summed E-state index contributed by atoms with van der Waals surface area (Å²) < 4.78 is 14.1. The van der Waals surface area contributed by atoms with E-state index in [4.69, 9.17) is 5.73 Å². The maximum atomic E-state index is 12.8. The van der Waals surface area contributed by atoms with Crippen molar-refractivity contribution in [3.8, 4) is 0 Å². The molecule has 0 bridgehead atoms. The van der Waals surface area contributed by atoms with E-state index in [1.54, 1.807) is 12.1 Å². The summed E-state index contributed by atoms with van der Waals surface area (Å²) in [6.07, 6.45) is 0. The van der Waals surface area contributed by atoms with Gasteiger partial charge in [-0.25, -0.2) is 9.18 Å². The molecule has 2 aromatic carbocycles. The molecule has 0 saturated heterocycles. The van der Waals surface area contributed by atoms with Crippen LogP contribution in [0.2, 0.25) is 0 Å². The van der Waals surface area contributed by atoms with Crippen LogP contribution in [0, 0.1) is 5.82 Å². The van der Waals surface area contributed by atoms with Crippen LogP contribution in [0.25, 0.3) is 0 Å². The lowest BCUT2D eigenvalue weighted by molar-refractivity contribution is 0.262. The third-order valence-corrected chi connectivity index (χ3v) is 3.66. The van der Waals surface area contributed by atoms with Crippen LogP contribution in [0.1, 0.15) is 0 Å². The summed E-state index contributed by atoms with van der Waals surface area (Å²) in [5, 5.41) is 5.27. The summed E-state index contributed by atoms with van der Waals surface area (Å²) in [4.78, 5) is 11.9. The molecule has 0 aliphatic rings. The molecule has 4 nitrogen and oxygen atoms in total. The Morgan fingerprint density at radius 1 is 1.05 bits per heavy atom. The number of hydrogen-bond donors (Lipinski definition) is 3. The Morgan fingerprint density at radius 2 is 1.60 bits per heavy atom. The van der Waals surface area contributed by atoms with Crippen LogP contribution < -0.4 is 16.4 Å². The van der Waals surface area contributed by atoms with Gasteiger partial charge in [0, 0.05) is 20.3 Å². The van der Waals surface area contributed by atoms with Gasteiger partial charge < -0.3 is 16.4 Å². The van der Waals surface area contributed by atoms with Gasteiger partial charge in [-0.1, -0.05) is 0 Å². The van der Waals surface area contributed by atoms with Crippen molar-refractivity contribution in [1.82, 2.24) is 0 Å². The molecule has 0 fully saturated rings. The first-order valence-corrected chi connectivity index (χ1v) is 7.12. The van der Waals surface area contributed by atoms with E-state index >= 15 is 0 Å². The number of carbonyl (C=O) groups is 1. The third-order valence-electron chi connectivity index (χ3n) is 2.41. The Morgan fingerprint density at radius 3 is 2.15 bits per heavy atom. The topological polar surface area (TPSA) is 67.1 Å². The normalized spacial score (nSPS) is 10.2. The van der Waals surface area contributed by atoms with Gasteiger partial charge >= 0.3 is 6.03 Å². The molecule has 0 radical (unpaired) electrons. The van der Waals surface area contributed by atoms with Crippen molar-refractivity contribution >= 4 is 55.0 Å². The fourth-order valence-electron chi connectivity index (χ4n) is 1.52. The first-order chi connectivity index (χ1) is 9.45. The van der Waals surface area contributed by atoms with Gasteiger partial charge in [0.2, 0.25) is 0 Å². The van der Waals surface area contributed by atoms with Gasteiger partial charge in [-0.3, -0.25) is 0 Å². The quantitative estimate of drug-likeness (QED) is 0.643. The Hall–Kier alpha value is -1.60. The predicted octanol–water partition coefficient (Wildman–Crippen LogP) is 4.58. The van der Waals surface area contributed by atoms with E-state index in [0.29, 0.717) is 26.0 Å². The molecule has 4 N–H and O–H groups in total. The van der Waals surface area contributed by atoms with E-state index in [2.05, 4.69) is 42.5 Å². The van der Waals surface area contributed by atoms with Gasteiger partial charge in [0.15, 0.2) is 0 Å². The van der Waals surface area contributed by atoms with E-state index in [9.17, 15) is 9.18 Å². The molecule has 0 aliphatic heterocycles. The molecule has 20 heavy (non-hydrogen) atoms. The number of benzene rings is 2. The van der Waals surface area contributed by atoms with Crippen LogP contribution in [-0.4, -0.2) is 6.03 Å². The number of nitrogen functional groups attached to an aromatic ring is 1. The van der Waals surface area contributed by atoms with E-state index in [0.717, 1.165) is 0 Å². The van der Waals surface area contributed by atoms with Crippen LogP contribution in [0.4, 0.5) is 26.2 Å². The molecule has 2 rings (SSSR count). The van der Waals surface area contributed by atoms with Crippen molar-refractivity contribution in [2.45, 2.75) is 0 Å². The minimum atomic E-state index is -0.442. The SMILES string of the molecule is Nc1cc(Br)c(NC(=O)Nc2ccc(F)cc2)c(Br)c1. The molecule has 0 aliphatic carbocycles. The van der Waals surface area contributed by atoms with E-state index in [1.165, 1.54) is 24.3 Å². The van der Waals surface area contributed by atoms with Gasteiger partial charge in [-0.2, -0.15) is 0 Å². The number of anilines is 3. The number of nitrogens with two attached hydrogens (primary N) is 1. The molecule has 0 saturated carbocycles. The highest BCUT2D eigenvalue weighted by atomic mass is 79.9. The maximum Gasteiger partial charge on any atom is 0.323 e. The second-order valence-electron chi connectivity index (χ2n) is 3.95. The highest BCUT2D eigenvalue weighted by Gasteiger charge is 2.10. The Balaban J connectivity index is 2.10. The average molecular weight is 403 g/mol. The molecule has 2 aromatic rings. The van der Waals surface area contributed by atoms with Crippen molar-refractivity contribution < 1.29 is 9.18 Å². The largest absolute Gasteiger partial charge is 0.399 e. The summed E-state index contributed by atoms with van der Waals surface area (Å²) in [6.45, 7) is 0. The van der Waals surface area contributed by atoms with Crippen LogP contribution in [-0.2, 0) is 0 Å². The van der Waals surface area contributed by atoms with E-state index in [1.807, 2.05) is 0 Å². The summed E-state index contributed by atoms with van der Waals surface area (Å²) in [5.74, 6) is -0.361. The monoisotopic (exact) mass is 401 g/mol. The molecular weight excluding hydrogens is 393 g/mol. The van der Waals surface area contributed by atoms with Crippen molar-refractivity contribution in [3.63, 3.8) is 0 Å². The van der Waals surface area contributed by atoms with Crippen molar-refractivity contribution in [2.75, 3.05) is 16.4 Å². The lowest BCUT2D eigenvalue weighted by Crippen LogP contribution is -2.20. The summed E-state index contributed by atoms with van der Waals surface area (Å²) in [7, 11) is 0. The van der Waals surface area contributed by atoms with Gasteiger partial charge in [0.25, 0.3) is 0 Å². The average Bonchev–Trinajstić information content (AvgIpc) is 2.36. The highest BCUT2D eigenvalue weighted by molar-refractivity contribution is 9.11. The standard InChI is InChI=1S/C13H10Br2FN3O/c14-10-5-8(17)6-11(15)12(10)19-13(20)18-9-3-1-7(16)2-4-9/h1-6H,17H2,(H2,18,19,20). The number of amides is 2. The van der Waals surface area contributed by atoms with Crippen LogP contribution in [0.5, 0.6) is 0 Å². The molecule has 0 unspecified atom stereocenters. The zero-order valence-electron chi connectivity index (χ0n) is 10.1. The second kappa shape index (κ2) is 6.23. The molecule has 0 aromatic heterocycles. The Labute approximate surface area is 131 Å². The first kappa shape index (κ1) is 14.8. The zero-order chi connectivity index (χ0) is 14.7. The zero-order valence-corrected chi connectivity index (χ0v) is 13.3. The number of hydrogen-bond acceptors (Lipinski definition) is 2. The molecule has 7 heteroatoms. The first-order valence-electron chi connectivity index (χ1n) is 5.54. The minimum Gasteiger partial charge on any atom is -0.399 e. The van der Waals surface area contributed by atoms with Gasteiger partial charge in [-0.05, 0) is 68.3 Å². The lowest BCUT2D eigenvalue weighted by atomic mass is 10.3. The fraction of sp³-hybridized carbons (Fsp3) is 0. The minimum absolute atomic E-state index is 0.361. The van der Waals surface area contributed by atoms with Crippen LogP contribution in [0.15, 0.2) is 45.3 Å². The van der Waals surface area contributed by atoms with Gasteiger partial charge in [-0.15, -0.1) is 0 Å². The van der Waals surface area contributed by atoms with Crippen LogP contribution in [0.3, 0.4) is 0 Å². The smallest absolute Gasteiger partial charge is 0.323 e. The maximum absolute atomic E-state index is 12.8. The molecule has 0 heterocycles. The Bertz CT molecular complexity index is 624. The van der Waals surface area contributed by atoms with Crippen molar-refractivity contribution in [2.24, 2.45) is 0 Å². The molecule has 0 spiro atoms. The molecule has 2 amide bonds. The third kappa shape index (κ3) is 3.71. The Kier molecular flexibility index (Phi) is 4.61. The van der Waals surface area contributed by atoms with Crippen molar-refractivity contribution in [1.29, 1.82) is 0 Å². The molecule has 104 valence electrons.